The monoisotopic (exact) mass is 458 g/mol. The van der Waals surface area contributed by atoms with E-state index in [1.807, 2.05) is 30.3 Å². The molecule has 0 N–H and O–H groups in total. The Balaban J connectivity index is 1.88. The van der Waals surface area contributed by atoms with Crippen LogP contribution < -0.4 is 4.74 Å². The average molecular weight is 460 g/mol. The van der Waals surface area contributed by atoms with Gasteiger partial charge in [-0.25, -0.2) is 0 Å². The highest BCUT2D eigenvalue weighted by molar-refractivity contribution is 9.28. The summed E-state index contributed by atoms with van der Waals surface area (Å²) in [5.41, 5.74) is 0.888. The number of hydrogen-bond acceptors (Lipinski definition) is 3. The van der Waals surface area contributed by atoms with Gasteiger partial charge in [-0.1, -0.05) is 45.4 Å². The van der Waals surface area contributed by atoms with Crippen molar-refractivity contribution in [1.29, 1.82) is 0 Å². The normalized spacial score (nSPS) is 21.0. The predicted octanol–water partition coefficient (Wildman–Crippen LogP) is 5.81. The van der Waals surface area contributed by atoms with Crippen molar-refractivity contribution < 1.29 is 14.3 Å². The summed E-state index contributed by atoms with van der Waals surface area (Å²) in [6, 6.07) is 7.75. The minimum atomic E-state index is -0.139. The van der Waals surface area contributed by atoms with E-state index in [1.165, 1.54) is 0 Å². The highest BCUT2D eigenvalue weighted by Gasteiger charge is 2.61. The Morgan fingerprint density at radius 1 is 1.33 bits per heavy atom. The number of halogens is 2. The first kappa shape index (κ1) is 19.5. The molecule has 132 valence electrons. The van der Waals surface area contributed by atoms with Crippen LogP contribution in [0.4, 0.5) is 0 Å². The summed E-state index contributed by atoms with van der Waals surface area (Å²) in [5.74, 6) is 0.793. The molecule has 1 fully saturated rings. The lowest BCUT2D eigenvalue weighted by atomic mass is 10.1. The SMILES string of the molecule is CCCCOc1cccc(COC(=O)[C@@H]2[C@@H](C=C(Br)Br)C2(C)C)c1. The molecule has 2 rings (SSSR count). The fourth-order valence-corrected chi connectivity index (χ4v) is 3.45. The van der Waals surface area contributed by atoms with Gasteiger partial charge < -0.3 is 9.47 Å². The highest BCUT2D eigenvalue weighted by Crippen LogP contribution is 2.60. The van der Waals surface area contributed by atoms with Crippen LogP contribution in [0.1, 0.15) is 39.2 Å². The number of rotatable bonds is 8. The maximum atomic E-state index is 12.4. The van der Waals surface area contributed by atoms with E-state index in [9.17, 15) is 4.79 Å². The zero-order valence-electron chi connectivity index (χ0n) is 14.4. The first-order chi connectivity index (χ1) is 11.4. The lowest BCUT2D eigenvalue weighted by Crippen LogP contribution is -2.10. The highest BCUT2D eigenvalue weighted by atomic mass is 79.9. The van der Waals surface area contributed by atoms with Crippen LogP contribution in [0.5, 0.6) is 5.75 Å². The van der Waals surface area contributed by atoms with E-state index in [1.54, 1.807) is 0 Å². The lowest BCUT2D eigenvalue weighted by Gasteiger charge is -2.09. The summed E-state index contributed by atoms with van der Waals surface area (Å²) in [6.07, 6.45) is 4.16. The van der Waals surface area contributed by atoms with Gasteiger partial charge in [0, 0.05) is 0 Å². The number of hydrogen-bond donors (Lipinski definition) is 0. The van der Waals surface area contributed by atoms with Crippen molar-refractivity contribution >= 4 is 37.8 Å². The van der Waals surface area contributed by atoms with Gasteiger partial charge in [0.2, 0.25) is 0 Å². The van der Waals surface area contributed by atoms with Crippen LogP contribution in [-0.4, -0.2) is 12.6 Å². The topological polar surface area (TPSA) is 35.5 Å². The predicted molar refractivity (Wildman–Crippen MR) is 103 cm³/mol. The van der Waals surface area contributed by atoms with Gasteiger partial charge >= 0.3 is 5.97 Å². The Labute approximate surface area is 161 Å². The molecule has 0 saturated heterocycles. The fraction of sp³-hybridized carbons (Fsp3) is 0.526. The molecule has 1 aromatic rings. The second-order valence-corrected chi connectivity index (χ2v) is 9.51. The molecule has 0 spiro atoms. The Hall–Kier alpha value is -0.810. The van der Waals surface area contributed by atoms with Gasteiger partial charge in [0.1, 0.15) is 12.4 Å². The summed E-state index contributed by atoms with van der Waals surface area (Å²) >= 11 is 6.73. The lowest BCUT2D eigenvalue weighted by molar-refractivity contribution is -0.147. The molecule has 1 aliphatic carbocycles. The number of benzene rings is 1. The van der Waals surface area contributed by atoms with E-state index in [4.69, 9.17) is 9.47 Å². The van der Waals surface area contributed by atoms with Crippen LogP contribution in [0.2, 0.25) is 0 Å². The largest absolute Gasteiger partial charge is 0.494 e. The molecule has 0 radical (unpaired) electrons. The third-order valence-corrected chi connectivity index (χ3v) is 5.04. The summed E-state index contributed by atoms with van der Waals surface area (Å²) in [7, 11) is 0. The average Bonchev–Trinajstić information content (AvgIpc) is 3.05. The molecule has 0 aliphatic heterocycles. The quantitative estimate of drug-likeness (QED) is 0.363. The molecule has 1 saturated carbocycles. The maximum Gasteiger partial charge on any atom is 0.310 e. The van der Waals surface area contributed by atoms with Crippen molar-refractivity contribution in [3.05, 3.63) is 39.3 Å². The molecule has 24 heavy (non-hydrogen) atoms. The number of unbranched alkanes of at least 4 members (excludes halogenated alkanes) is 1. The van der Waals surface area contributed by atoms with Gasteiger partial charge in [0.15, 0.2) is 0 Å². The number of allylic oxidation sites excluding steroid dienone is 1. The van der Waals surface area contributed by atoms with E-state index < -0.39 is 0 Å². The molecule has 5 heteroatoms. The molecular weight excluding hydrogens is 436 g/mol. The number of ether oxygens (including phenoxy) is 2. The second-order valence-electron chi connectivity index (χ2n) is 6.74. The van der Waals surface area contributed by atoms with Gasteiger partial charge in [-0.2, -0.15) is 0 Å². The molecule has 0 amide bonds. The summed E-state index contributed by atoms with van der Waals surface area (Å²) in [4.78, 5) is 12.4. The summed E-state index contributed by atoms with van der Waals surface area (Å²) < 4.78 is 12.1. The first-order valence-corrected chi connectivity index (χ1v) is 9.86. The maximum absolute atomic E-state index is 12.4. The van der Waals surface area contributed by atoms with Crippen molar-refractivity contribution in [2.45, 2.75) is 40.2 Å². The van der Waals surface area contributed by atoms with Crippen molar-refractivity contribution in [2.24, 2.45) is 17.3 Å². The first-order valence-electron chi connectivity index (χ1n) is 8.27. The molecule has 0 unspecified atom stereocenters. The van der Waals surface area contributed by atoms with Crippen LogP contribution in [0.25, 0.3) is 0 Å². The molecule has 0 aromatic heterocycles. The van der Waals surface area contributed by atoms with Gasteiger partial charge in [-0.3, -0.25) is 4.79 Å². The van der Waals surface area contributed by atoms with Crippen molar-refractivity contribution in [2.75, 3.05) is 6.61 Å². The molecular formula is C19H24Br2O3. The number of esters is 1. The summed E-state index contributed by atoms with van der Waals surface area (Å²) in [6.45, 7) is 7.30. The molecule has 1 aliphatic rings. The second kappa shape index (κ2) is 8.52. The fourth-order valence-electron chi connectivity index (χ4n) is 2.88. The van der Waals surface area contributed by atoms with Crippen molar-refractivity contribution in [1.82, 2.24) is 0 Å². The van der Waals surface area contributed by atoms with E-state index >= 15 is 0 Å². The van der Waals surface area contributed by atoms with Crippen molar-refractivity contribution in [3.8, 4) is 5.75 Å². The third kappa shape index (κ3) is 5.09. The Morgan fingerprint density at radius 3 is 2.75 bits per heavy atom. The van der Waals surface area contributed by atoms with E-state index in [0.717, 1.165) is 27.5 Å². The van der Waals surface area contributed by atoms with Gasteiger partial charge in [0.25, 0.3) is 0 Å². The zero-order chi connectivity index (χ0) is 17.7. The van der Waals surface area contributed by atoms with E-state index in [-0.39, 0.29) is 29.8 Å². The van der Waals surface area contributed by atoms with Crippen LogP contribution >= 0.6 is 31.9 Å². The van der Waals surface area contributed by atoms with Crippen LogP contribution in [0.3, 0.4) is 0 Å². The van der Waals surface area contributed by atoms with E-state index in [0.29, 0.717) is 6.61 Å². The molecule has 2 atom stereocenters. The Morgan fingerprint density at radius 2 is 2.08 bits per heavy atom. The molecule has 0 heterocycles. The van der Waals surface area contributed by atoms with Crippen LogP contribution in [0, 0.1) is 17.3 Å². The number of carbonyl (C=O) groups excluding carboxylic acids is 1. The van der Waals surface area contributed by atoms with Gasteiger partial charge in [-0.15, -0.1) is 0 Å². The molecule has 3 nitrogen and oxygen atoms in total. The third-order valence-electron chi connectivity index (χ3n) is 4.52. The van der Waals surface area contributed by atoms with Crippen molar-refractivity contribution in [3.63, 3.8) is 0 Å². The molecule has 0 bridgehead atoms. The van der Waals surface area contributed by atoms with Gasteiger partial charge in [0.05, 0.1) is 15.9 Å². The zero-order valence-corrected chi connectivity index (χ0v) is 17.5. The summed E-state index contributed by atoms with van der Waals surface area (Å²) in [5, 5.41) is 0. The minimum Gasteiger partial charge on any atom is -0.494 e. The van der Waals surface area contributed by atoms with Crippen LogP contribution in [-0.2, 0) is 16.1 Å². The Kier molecular flexibility index (Phi) is 6.93. The standard InChI is InChI=1S/C19H24Br2O3/c1-4-5-9-23-14-8-6-7-13(10-14)12-24-18(22)17-15(11-16(20)21)19(17,2)3/h6-8,10-11,15,17H,4-5,9,12H2,1-3H3/t15-,17+/m1/s1. The van der Waals surface area contributed by atoms with Gasteiger partial charge in [-0.05, 0) is 67.3 Å². The number of carbonyl (C=O) groups is 1. The van der Waals surface area contributed by atoms with Crippen LogP contribution in [0.15, 0.2) is 33.7 Å². The van der Waals surface area contributed by atoms with E-state index in [2.05, 4.69) is 52.6 Å². The molecule has 1 aromatic carbocycles. The minimum absolute atomic E-state index is 0.0605. The smallest absolute Gasteiger partial charge is 0.310 e. The Bertz CT molecular complexity index is 606.